The largest absolute Gasteiger partial charge is 0.296 e. The summed E-state index contributed by atoms with van der Waals surface area (Å²) < 4.78 is 0. The molecule has 4 heteroatoms. The van der Waals surface area contributed by atoms with Gasteiger partial charge in [0.05, 0.1) is 0 Å². The topological polar surface area (TPSA) is 58.4 Å². The normalized spacial score (nSPS) is 16.4. The van der Waals surface area contributed by atoms with Gasteiger partial charge in [-0.05, 0) is 37.1 Å². The second-order valence-corrected chi connectivity index (χ2v) is 5.53. The Balaban J connectivity index is 2.05. The van der Waals surface area contributed by atoms with Gasteiger partial charge in [-0.3, -0.25) is 15.1 Å². The average molecular weight is 275 g/mol. The third-order valence-corrected chi connectivity index (χ3v) is 4.20. The highest BCUT2D eigenvalue weighted by Crippen LogP contribution is 2.24. The van der Waals surface area contributed by atoms with E-state index in [1.54, 1.807) is 6.07 Å². The Morgan fingerprint density at radius 2 is 2.10 bits per heavy atom. The number of hydrogen-bond acceptors (Lipinski definition) is 3. The molecule has 1 aromatic rings. The number of nitrogens with two attached hydrogens (primary N) is 1. The second-order valence-electron chi connectivity index (χ2n) is 5.53. The molecule has 0 heterocycles. The van der Waals surface area contributed by atoms with Crippen molar-refractivity contribution < 1.29 is 4.79 Å². The Kier molecular flexibility index (Phi) is 5.56. The first-order valence-electron chi connectivity index (χ1n) is 7.58. The molecule has 1 aliphatic rings. The molecule has 110 valence electrons. The summed E-state index contributed by atoms with van der Waals surface area (Å²) in [6, 6.07) is 8.43. The zero-order chi connectivity index (χ0) is 14.4. The molecule has 1 amide bonds. The zero-order valence-corrected chi connectivity index (χ0v) is 12.3. The summed E-state index contributed by atoms with van der Waals surface area (Å²) in [4.78, 5) is 14.1. The van der Waals surface area contributed by atoms with Crippen LogP contribution < -0.4 is 11.3 Å². The van der Waals surface area contributed by atoms with E-state index in [9.17, 15) is 4.79 Å². The number of rotatable bonds is 5. The van der Waals surface area contributed by atoms with Crippen LogP contribution in [0.15, 0.2) is 24.3 Å². The summed E-state index contributed by atoms with van der Waals surface area (Å²) in [5.41, 5.74) is 4.00. The van der Waals surface area contributed by atoms with Gasteiger partial charge in [-0.1, -0.05) is 38.3 Å². The Labute approximate surface area is 121 Å². The van der Waals surface area contributed by atoms with Crippen LogP contribution in [0.5, 0.6) is 0 Å². The molecule has 0 bridgehead atoms. The molecule has 2 rings (SSSR count). The third-order valence-electron chi connectivity index (χ3n) is 4.20. The van der Waals surface area contributed by atoms with E-state index in [4.69, 9.17) is 5.84 Å². The minimum absolute atomic E-state index is 0.229. The van der Waals surface area contributed by atoms with Crippen molar-refractivity contribution in [1.29, 1.82) is 0 Å². The Hall–Kier alpha value is -1.39. The van der Waals surface area contributed by atoms with Crippen LogP contribution >= 0.6 is 0 Å². The van der Waals surface area contributed by atoms with Crippen LogP contribution in [0.25, 0.3) is 0 Å². The molecule has 3 N–H and O–H groups in total. The van der Waals surface area contributed by atoms with Crippen molar-refractivity contribution in [2.24, 2.45) is 5.84 Å². The molecule has 0 unspecified atom stereocenters. The van der Waals surface area contributed by atoms with Gasteiger partial charge < -0.3 is 0 Å². The van der Waals surface area contributed by atoms with E-state index in [0.29, 0.717) is 11.6 Å². The summed E-state index contributed by atoms with van der Waals surface area (Å²) >= 11 is 0. The van der Waals surface area contributed by atoms with Crippen molar-refractivity contribution in [3.05, 3.63) is 35.4 Å². The highest BCUT2D eigenvalue weighted by Gasteiger charge is 2.20. The lowest BCUT2D eigenvalue weighted by Gasteiger charge is -2.33. The van der Waals surface area contributed by atoms with Crippen molar-refractivity contribution in [3.8, 4) is 0 Å². The first-order valence-corrected chi connectivity index (χ1v) is 7.58. The molecule has 1 aliphatic carbocycles. The van der Waals surface area contributed by atoms with Crippen molar-refractivity contribution >= 4 is 5.91 Å². The fourth-order valence-electron chi connectivity index (χ4n) is 3.07. The van der Waals surface area contributed by atoms with Crippen LogP contribution in [0.2, 0.25) is 0 Å². The van der Waals surface area contributed by atoms with Crippen molar-refractivity contribution in [2.45, 2.75) is 51.6 Å². The van der Waals surface area contributed by atoms with Gasteiger partial charge in [0.25, 0.3) is 5.91 Å². The van der Waals surface area contributed by atoms with Crippen LogP contribution in [0.4, 0.5) is 0 Å². The highest BCUT2D eigenvalue weighted by molar-refractivity contribution is 5.93. The minimum atomic E-state index is -0.229. The Morgan fingerprint density at radius 3 is 2.75 bits per heavy atom. The Bertz CT molecular complexity index is 441. The fraction of sp³-hybridized carbons (Fsp3) is 0.562. The average Bonchev–Trinajstić information content (AvgIpc) is 2.53. The number of benzene rings is 1. The van der Waals surface area contributed by atoms with Crippen LogP contribution in [0.1, 0.15) is 54.9 Å². The number of hydrogen-bond donors (Lipinski definition) is 2. The Morgan fingerprint density at radius 1 is 1.35 bits per heavy atom. The lowest BCUT2D eigenvalue weighted by Crippen LogP contribution is -2.36. The van der Waals surface area contributed by atoms with E-state index in [1.165, 1.54) is 37.7 Å². The second kappa shape index (κ2) is 7.41. The van der Waals surface area contributed by atoms with Gasteiger partial charge >= 0.3 is 0 Å². The number of nitrogens with zero attached hydrogens (tertiary/aromatic N) is 1. The molecule has 0 spiro atoms. The van der Waals surface area contributed by atoms with E-state index >= 15 is 0 Å². The van der Waals surface area contributed by atoms with Crippen molar-refractivity contribution in [1.82, 2.24) is 10.3 Å². The maximum atomic E-state index is 11.6. The summed E-state index contributed by atoms with van der Waals surface area (Å²) in [6.07, 6.45) is 6.67. The number of nitrogen functional groups attached to an aromatic ring is 1. The number of carbonyl (C=O) groups is 1. The van der Waals surface area contributed by atoms with E-state index in [0.717, 1.165) is 13.1 Å². The maximum absolute atomic E-state index is 11.6. The van der Waals surface area contributed by atoms with Crippen LogP contribution in [0.3, 0.4) is 0 Å². The van der Waals surface area contributed by atoms with Crippen LogP contribution in [0, 0.1) is 0 Å². The summed E-state index contributed by atoms with van der Waals surface area (Å²) in [6.45, 7) is 4.18. The number of amides is 1. The summed E-state index contributed by atoms with van der Waals surface area (Å²) in [7, 11) is 0. The predicted molar refractivity (Wildman–Crippen MR) is 81.1 cm³/mol. The lowest BCUT2D eigenvalue weighted by molar-refractivity contribution is 0.0953. The van der Waals surface area contributed by atoms with Crippen LogP contribution in [-0.2, 0) is 6.54 Å². The quantitative estimate of drug-likeness (QED) is 0.493. The molecule has 1 saturated carbocycles. The van der Waals surface area contributed by atoms with E-state index in [2.05, 4.69) is 23.3 Å². The molecule has 20 heavy (non-hydrogen) atoms. The third kappa shape index (κ3) is 3.81. The molecule has 4 nitrogen and oxygen atoms in total. The fourth-order valence-corrected chi connectivity index (χ4v) is 3.07. The monoisotopic (exact) mass is 275 g/mol. The van der Waals surface area contributed by atoms with Gasteiger partial charge in [-0.2, -0.15) is 0 Å². The number of hydrazine groups is 1. The number of nitrogens with one attached hydrogen (secondary N) is 1. The molecular formula is C16H25N3O. The van der Waals surface area contributed by atoms with Gasteiger partial charge in [0.15, 0.2) is 0 Å². The molecular weight excluding hydrogens is 250 g/mol. The van der Waals surface area contributed by atoms with Gasteiger partial charge in [0.2, 0.25) is 0 Å². The van der Waals surface area contributed by atoms with Crippen LogP contribution in [-0.4, -0.2) is 23.4 Å². The summed E-state index contributed by atoms with van der Waals surface area (Å²) in [5, 5.41) is 0. The molecule has 1 fully saturated rings. The standard InChI is InChI=1S/C16H25N3O/c1-2-19(15-9-4-3-5-10-15)12-13-7-6-8-14(11-13)16(20)18-17/h6-8,11,15H,2-5,9-10,12,17H2,1H3,(H,18,20). The molecule has 0 aliphatic heterocycles. The van der Waals surface area contributed by atoms with Gasteiger partial charge in [0.1, 0.15) is 0 Å². The first-order chi connectivity index (χ1) is 9.74. The maximum Gasteiger partial charge on any atom is 0.265 e. The highest BCUT2D eigenvalue weighted by atomic mass is 16.2. The molecule has 0 radical (unpaired) electrons. The van der Waals surface area contributed by atoms with E-state index in [-0.39, 0.29) is 5.91 Å². The molecule has 0 aromatic heterocycles. The predicted octanol–water partition coefficient (Wildman–Crippen LogP) is 2.44. The van der Waals surface area contributed by atoms with Gasteiger partial charge in [0, 0.05) is 18.2 Å². The summed E-state index contributed by atoms with van der Waals surface area (Å²) in [5.74, 6) is 4.96. The van der Waals surface area contributed by atoms with Crippen molar-refractivity contribution in [3.63, 3.8) is 0 Å². The number of carbonyl (C=O) groups excluding carboxylic acids is 1. The molecule has 1 aromatic carbocycles. The van der Waals surface area contributed by atoms with E-state index < -0.39 is 0 Å². The first kappa shape index (κ1) is 15.0. The van der Waals surface area contributed by atoms with Crippen molar-refractivity contribution in [2.75, 3.05) is 6.54 Å². The zero-order valence-electron chi connectivity index (χ0n) is 12.3. The SMILES string of the molecule is CCN(Cc1cccc(C(=O)NN)c1)C1CCCCC1. The minimum Gasteiger partial charge on any atom is -0.296 e. The van der Waals surface area contributed by atoms with Gasteiger partial charge in [-0.25, -0.2) is 5.84 Å². The molecule has 0 saturated heterocycles. The van der Waals surface area contributed by atoms with Gasteiger partial charge in [-0.15, -0.1) is 0 Å². The molecule has 0 atom stereocenters. The lowest BCUT2D eigenvalue weighted by atomic mass is 9.94. The van der Waals surface area contributed by atoms with E-state index in [1.807, 2.05) is 12.1 Å². The smallest absolute Gasteiger partial charge is 0.265 e.